The van der Waals surface area contributed by atoms with Crippen LogP contribution in [0.2, 0.25) is 0 Å². The Balaban J connectivity index is 1.37. The van der Waals surface area contributed by atoms with Crippen LogP contribution in [0.15, 0.2) is 36.4 Å². The molecule has 2 aromatic carbocycles. The van der Waals surface area contributed by atoms with E-state index in [1.165, 1.54) is 18.1 Å². The Hall–Kier alpha value is -2.56. The Labute approximate surface area is 163 Å². The van der Waals surface area contributed by atoms with E-state index in [0.29, 0.717) is 31.6 Å². The smallest absolute Gasteiger partial charge is 0.314 e. The molecule has 0 saturated heterocycles. The number of rotatable bonds is 5. The van der Waals surface area contributed by atoms with Gasteiger partial charge >= 0.3 is 5.97 Å². The highest BCUT2D eigenvalue weighted by molar-refractivity contribution is 5.85. The highest BCUT2D eigenvalue weighted by Gasteiger charge is 2.51. The molecule has 0 bridgehead atoms. The van der Waals surface area contributed by atoms with Gasteiger partial charge in [-0.2, -0.15) is 0 Å². The highest BCUT2D eigenvalue weighted by atomic mass is 19.1. The molecule has 0 atom stereocenters. The summed E-state index contributed by atoms with van der Waals surface area (Å²) >= 11 is 0. The Morgan fingerprint density at radius 2 is 1.96 bits per heavy atom. The molecule has 0 radical (unpaired) electrons. The van der Waals surface area contributed by atoms with E-state index < -0.39 is 11.4 Å². The summed E-state index contributed by atoms with van der Waals surface area (Å²) in [6.07, 6.45) is 5.83. The standard InChI is InChI=1S/C23H24FNO3/c24-20-7-6-19(28-18-2-1-3-18)13-21(20)25-11-8-15-12-17(5-4-16(15)14-25)23(9-10-23)22(26)27/h4-7,12-13,18H,1-3,8-11,14H2,(H,26,27). The summed E-state index contributed by atoms with van der Waals surface area (Å²) in [4.78, 5) is 13.6. The van der Waals surface area contributed by atoms with E-state index in [1.54, 1.807) is 6.07 Å². The number of nitrogens with zero attached hydrogens (tertiary/aromatic N) is 1. The van der Waals surface area contributed by atoms with Crippen molar-refractivity contribution in [3.63, 3.8) is 0 Å². The van der Waals surface area contributed by atoms with Crippen molar-refractivity contribution < 1.29 is 19.0 Å². The lowest BCUT2D eigenvalue weighted by atomic mass is 9.90. The predicted octanol–water partition coefficient (Wildman–Crippen LogP) is 4.44. The molecule has 2 saturated carbocycles. The fourth-order valence-corrected chi connectivity index (χ4v) is 4.30. The number of ether oxygens (including phenoxy) is 1. The quantitative estimate of drug-likeness (QED) is 0.832. The maximum atomic E-state index is 14.5. The molecule has 1 aliphatic heterocycles. The molecule has 4 nitrogen and oxygen atoms in total. The third-order valence-corrected chi connectivity index (χ3v) is 6.54. The SMILES string of the molecule is O=C(O)C1(c2ccc3c(c2)CCN(c2cc(OC4CCC4)ccc2F)C3)CC1. The minimum atomic E-state index is -0.727. The van der Waals surface area contributed by atoms with Crippen LogP contribution in [-0.4, -0.2) is 23.7 Å². The van der Waals surface area contributed by atoms with Crippen LogP contribution in [0, 0.1) is 5.82 Å². The van der Waals surface area contributed by atoms with Crippen molar-refractivity contribution in [1.82, 2.24) is 0 Å². The number of anilines is 1. The van der Waals surface area contributed by atoms with Crippen molar-refractivity contribution in [3.8, 4) is 5.75 Å². The fourth-order valence-electron chi connectivity index (χ4n) is 4.30. The van der Waals surface area contributed by atoms with Gasteiger partial charge in [-0.3, -0.25) is 4.79 Å². The number of halogens is 1. The zero-order chi connectivity index (χ0) is 19.3. The van der Waals surface area contributed by atoms with Crippen molar-refractivity contribution >= 4 is 11.7 Å². The van der Waals surface area contributed by atoms with E-state index >= 15 is 0 Å². The van der Waals surface area contributed by atoms with E-state index in [0.717, 1.165) is 36.1 Å². The van der Waals surface area contributed by atoms with E-state index in [4.69, 9.17) is 4.74 Å². The number of fused-ring (bicyclic) bond motifs is 1. The van der Waals surface area contributed by atoms with Crippen molar-refractivity contribution in [1.29, 1.82) is 0 Å². The van der Waals surface area contributed by atoms with Gasteiger partial charge < -0.3 is 14.7 Å². The Morgan fingerprint density at radius 1 is 1.14 bits per heavy atom. The molecule has 146 valence electrons. The van der Waals surface area contributed by atoms with E-state index in [-0.39, 0.29) is 11.9 Å². The average Bonchev–Trinajstić information content (AvgIpc) is 3.47. The summed E-state index contributed by atoms with van der Waals surface area (Å²) in [5.74, 6) is -0.224. The number of hydrogen-bond acceptors (Lipinski definition) is 3. The molecule has 3 aliphatic rings. The van der Waals surface area contributed by atoms with Crippen LogP contribution in [0.3, 0.4) is 0 Å². The monoisotopic (exact) mass is 381 g/mol. The predicted molar refractivity (Wildman–Crippen MR) is 104 cm³/mol. The minimum Gasteiger partial charge on any atom is -0.490 e. The zero-order valence-corrected chi connectivity index (χ0v) is 15.8. The molecule has 0 amide bonds. The lowest BCUT2D eigenvalue weighted by molar-refractivity contribution is -0.140. The molecule has 0 aromatic heterocycles. The van der Waals surface area contributed by atoms with Gasteiger partial charge in [0.25, 0.3) is 0 Å². The van der Waals surface area contributed by atoms with Gasteiger partial charge in [-0.1, -0.05) is 18.2 Å². The molecule has 0 unspecified atom stereocenters. The molecule has 1 N–H and O–H groups in total. The molecule has 2 fully saturated rings. The number of aliphatic carboxylic acids is 1. The summed E-state index contributed by atoms with van der Waals surface area (Å²) in [5, 5.41) is 9.53. The Bertz CT molecular complexity index is 933. The van der Waals surface area contributed by atoms with E-state index in [1.807, 2.05) is 18.2 Å². The molecule has 28 heavy (non-hydrogen) atoms. The minimum absolute atomic E-state index is 0.233. The number of carboxylic acid groups (broad SMARTS) is 1. The largest absolute Gasteiger partial charge is 0.490 e. The van der Waals surface area contributed by atoms with Crippen LogP contribution < -0.4 is 9.64 Å². The molecule has 5 rings (SSSR count). The maximum absolute atomic E-state index is 14.5. The van der Waals surface area contributed by atoms with Gasteiger partial charge in [-0.25, -0.2) is 4.39 Å². The number of carbonyl (C=O) groups is 1. The van der Waals surface area contributed by atoms with Gasteiger partial charge in [0.05, 0.1) is 17.2 Å². The van der Waals surface area contributed by atoms with Gasteiger partial charge in [-0.05, 0) is 67.3 Å². The lowest BCUT2D eigenvalue weighted by Gasteiger charge is -2.32. The highest BCUT2D eigenvalue weighted by Crippen LogP contribution is 2.49. The molecule has 2 aromatic rings. The molecular weight excluding hydrogens is 357 g/mol. The van der Waals surface area contributed by atoms with Crippen molar-refractivity contribution in [2.45, 2.75) is 56.6 Å². The third-order valence-electron chi connectivity index (χ3n) is 6.54. The molecule has 5 heteroatoms. The molecule has 0 spiro atoms. The second-order valence-corrected chi connectivity index (χ2v) is 8.33. The van der Waals surface area contributed by atoms with Crippen LogP contribution in [0.4, 0.5) is 10.1 Å². The summed E-state index contributed by atoms with van der Waals surface area (Å²) < 4.78 is 20.5. The first kappa shape index (κ1) is 17.5. The second kappa shape index (κ2) is 6.50. The van der Waals surface area contributed by atoms with Crippen LogP contribution in [0.1, 0.15) is 48.8 Å². The van der Waals surface area contributed by atoms with Crippen molar-refractivity contribution in [2.75, 3.05) is 11.4 Å². The normalized spacial score (nSPS) is 20.2. The molecule has 2 aliphatic carbocycles. The average molecular weight is 381 g/mol. The van der Waals surface area contributed by atoms with Gasteiger partial charge in [0.2, 0.25) is 0 Å². The summed E-state index contributed by atoms with van der Waals surface area (Å²) in [6.45, 7) is 1.33. The number of benzene rings is 2. The Morgan fingerprint density at radius 3 is 2.64 bits per heavy atom. The second-order valence-electron chi connectivity index (χ2n) is 8.33. The molecular formula is C23H24FNO3. The third kappa shape index (κ3) is 2.93. The van der Waals surface area contributed by atoms with Crippen LogP contribution >= 0.6 is 0 Å². The van der Waals surface area contributed by atoms with Crippen LogP contribution in [0.5, 0.6) is 5.75 Å². The first-order valence-electron chi connectivity index (χ1n) is 10.1. The Kier molecular flexibility index (Phi) is 4.07. The summed E-state index contributed by atoms with van der Waals surface area (Å²) in [5.41, 5.74) is 3.14. The van der Waals surface area contributed by atoms with E-state index in [2.05, 4.69) is 11.0 Å². The maximum Gasteiger partial charge on any atom is 0.314 e. The van der Waals surface area contributed by atoms with Gasteiger partial charge in [0.15, 0.2) is 0 Å². The topological polar surface area (TPSA) is 49.8 Å². The van der Waals surface area contributed by atoms with Crippen LogP contribution in [0.25, 0.3) is 0 Å². The van der Waals surface area contributed by atoms with E-state index in [9.17, 15) is 14.3 Å². The lowest BCUT2D eigenvalue weighted by Crippen LogP contribution is -2.31. The summed E-state index contributed by atoms with van der Waals surface area (Å²) in [7, 11) is 0. The molecule has 1 heterocycles. The van der Waals surface area contributed by atoms with Crippen molar-refractivity contribution in [2.24, 2.45) is 0 Å². The van der Waals surface area contributed by atoms with Crippen molar-refractivity contribution in [3.05, 3.63) is 58.9 Å². The number of hydrogen-bond donors (Lipinski definition) is 1. The first-order chi connectivity index (χ1) is 13.5. The first-order valence-corrected chi connectivity index (χ1v) is 10.1. The van der Waals surface area contributed by atoms with Gasteiger partial charge in [0.1, 0.15) is 11.6 Å². The summed E-state index contributed by atoms with van der Waals surface area (Å²) in [6, 6.07) is 11.0. The van der Waals surface area contributed by atoms with Gasteiger partial charge in [-0.15, -0.1) is 0 Å². The van der Waals surface area contributed by atoms with Gasteiger partial charge in [0, 0.05) is 19.2 Å². The van der Waals surface area contributed by atoms with Crippen LogP contribution in [-0.2, 0) is 23.2 Å². The zero-order valence-electron chi connectivity index (χ0n) is 15.8. The fraction of sp³-hybridized carbons (Fsp3) is 0.435. The number of carboxylic acids is 1.